The topological polar surface area (TPSA) is 76.0 Å². The van der Waals surface area contributed by atoms with E-state index in [1.165, 1.54) is 22.3 Å². The van der Waals surface area contributed by atoms with Crippen molar-refractivity contribution >= 4 is 43.9 Å². The van der Waals surface area contributed by atoms with Crippen LogP contribution < -0.4 is 0 Å². The van der Waals surface area contributed by atoms with E-state index in [0.717, 1.165) is 22.2 Å². The minimum absolute atomic E-state index is 0.234. The Bertz CT molecular complexity index is 1170. The summed E-state index contributed by atoms with van der Waals surface area (Å²) >= 11 is 1.52. The van der Waals surface area contributed by atoms with Gasteiger partial charge in [0.25, 0.3) is 0 Å². The van der Waals surface area contributed by atoms with Crippen LogP contribution in [0.15, 0.2) is 60.5 Å². The van der Waals surface area contributed by atoms with Crippen molar-refractivity contribution in [3.05, 3.63) is 71.1 Å². The van der Waals surface area contributed by atoms with E-state index in [2.05, 4.69) is 22.1 Å². The summed E-state index contributed by atoms with van der Waals surface area (Å²) in [6.07, 6.45) is 2.85. The molecule has 0 atom stereocenters. The molecule has 2 aromatic carbocycles. The minimum atomic E-state index is 0.234. The van der Waals surface area contributed by atoms with Gasteiger partial charge in [0.05, 0.1) is 22.3 Å². The largest absolute Gasteiger partial charge is 0.510 e. The first-order valence-corrected chi connectivity index (χ1v) is 9.69. The molecule has 1 aliphatic heterocycles. The molecular weight excluding hydrogens is 356 g/mol. The smallest absolute Gasteiger partial charge is 0.135 e. The van der Waals surface area contributed by atoms with E-state index in [1.54, 1.807) is 0 Å². The van der Waals surface area contributed by atoms with Gasteiger partial charge < -0.3 is 15.0 Å². The molecular formula is C21H18N4OS. The van der Waals surface area contributed by atoms with Crippen LogP contribution in [0.5, 0.6) is 0 Å². The Labute approximate surface area is 160 Å². The molecule has 3 N–H and O–H groups in total. The van der Waals surface area contributed by atoms with Crippen molar-refractivity contribution in [1.29, 1.82) is 5.41 Å². The number of amidine groups is 1. The fraction of sp³-hybridized carbons (Fsp3) is 0.143. The number of aromatic amines is 1. The van der Waals surface area contributed by atoms with Gasteiger partial charge in [-0.3, -0.25) is 5.41 Å². The molecule has 3 heterocycles. The van der Waals surface area contributed by atoms with Gasteiger partial charge in [-0.1, -0.05) is 30.3 Å². The minimum Gasteiger partial charge on any atom is -0.510 e. The number of rotatable bonds is 4. The molecule has 134 valence electrons. The van der Waals surface area contributed by atoms with Crippen molar-refractivity contribution in [1.82, 2.24) is 14.9 Å². The molecule has 6 heteroatoms. The quantitative estimate of drug-likeness (QED) is 0.489. The molecule has 0 saturated heterocycles. The molecule has 1 aliphatic rings. The Balaban J connectivity index is 1.37. The number of nitrogens with one attached hydrogen (secondary N) is 2. The van der Waals surface area contributed by atoms with E-state index >= 15 is 0 Å². The number of nitrogens with zero attached hydrogens (tertiary/aromatic N) is 2. The lowest BCUT2D eigenvalue weighted by molar-refractivity contribution is 0.351. The van der Waals surface area contributed by atoms with Crippen molar-refractivity contribution in [2.24, 2.45) is 0 Å². The van der Waals surface area contributed by atoms with Crippen LogP contribution in [0.3, 0.4) is 0 Å². The molecule has 5 rings (SSSR count). The first kappa shape index (κ1) is 16.1. The predicted molar refractivity (Wildman–Crippen MR) is 110 cm³/mol. The van der Waals surface area contributed by atoms with Crippen molar-refractivity contribution < 1.29 is 5.11 Å². The molecule has 0 aliphatic carbocycles. The maximum atomic E-state index is 10.5. The second-order valence-corrected chi connectivity index (χ2v) is 7.72. The van der Waals surface area contributed by atoms with E-state index in [-0.39, 0.29) is 5.76 Å². The summed E-state index contributed by atoms with van der Waals surface area (Å²) in [6, 6.07) is 16.1. The van der Waals surface area contributed by atoms with E-state index < -0.39 is 0 Å². The van der Waals surface area contributed by atoms with E-state index in [1.807, 2.05) is 47.5 Å². The van der Waals surface area contributed by atoms with Gasteiger partial charge in [-0.2, -0.15) is 0 Å². The summed E-state index contributed by atoms with van der Waals surface area (Å²) in [5.41, 5.74) is 3.82. The van der Waals surface area contributed by atoms with Gasteiger partial charge in [0.2, 0.25) is 0 Å². The second-order valence-electron chi connectivity index (χ2n) is 6.69. The molecule has 27 heavy (non-hydrogen) atoms. The van der Waals surface area contributed by atoms with Gasteiger partial charge in [0, 0.05) is 23.6 Å². The SMILES string of the molecule is N=C1C(c2nc3ccccc3s2)=C(O)CN1CCc1c[nH]c2ccccc12. The lowest BCUT2D eigenvalue weighted by Crippen LogP contribution is -2.28. The number of hydrogen-bond donors (Lipinski definition) is 3. The van der Waals surface area contributed by atoms with Crippen molar-refractivity contribution in [2.75, 3.05) is 13.1 Å². The fourth-order valence-corrected chi connectivity index (χ4v) is 4.66. The van der Waals surface area contributed by atoms with Crippen LogP contribution in [0.1, 0.15) is 10.6 Å². The van der Waals surface area contributed by atoms with Crippen LogP contribution in [0.4, 0.5) is 0 Å². The summed E-state index contributed by atoms with van der Waals surface area (Å²) in [6.45, 7) is 1.05. The van der Waals surface area contributed by atoms with Gasteiger partial charge in [0.1, 0.15) is 16.6 Å². The zero-order chi connectivity index (χ0) is 18.4. The number of hydrogen-bond acceptors (Lipinski definition) is 4. The third kappa shape index (κ3) is 2.69. The first-order valence-electron chi connectivity index (χ1n) is 8.87. The normalized spacial score (nSPS) is 14.8. The Morgan fingerprint density at radius 2 is 1.96 bits per heavy atom. The number of aliphatic hydroxyl groups excluding tert-OH is 1. The lowest BCUT2D eigenvalue weighted by atomic mass is 10.1. The van der Waals surface area contributed by atoms with E-state index in [0.29, 0.717) is 29.5 Å². The van der Waals surface area contributed by atoms with Crippen LogP contribution in [0, 0.1) is 5.41 Å². The third-order valence-electron chi connectivity index (χ3n) is 5.02. The number of para-hydroxylation sites is 2. The molecule has 0 amide bonds. The number of aliphatic hydroxyl groups is 1. The summed E-state index contributed by atoms with van der Waals surface area (Å²) < 4.78 is 1.07. The highest BCUT2D eigenvalue weighted by molar-refractivity contribution is 7.19. The monoisotopic (exact) mass is 374 g/mol. The average molecular weight is 374 g/mol. The highest BCUT2D eigenvalue weighted by Crippen LogP contribution is 2.33. The average Bonchev–Trinajstić information content (AvgIpc) is 3.35. The Kier molecular flexibility index (Phi) is 3.72. The van der Waals surface area contributed by atoms with Crippen molar-refractivity contribution in [3.63, 3.8) is 0 Å². The lowest BCUT2D eigenvalue weighted by Gasteiger charge is -2.18. The van der Waals surface area contributed by atoms with Crippen LogP contribution in [-0.4, -0.2) is 38.9 Å². The van der Waals surface area contributed by atoms with Gasteiger partial charge in [0.15, 0.2) is 0 Å². The summed E-state index contributed by atoms with van der Waals surface area (Å²) in [5, 5.41) is 21.0. The standard InChI is InChI=1S/C21H18N4OS/c22-20-19(21-24-16-7-3-4-8-18(16)27-21)17(26)12-25(20)10-9-13-11-23-15-6-2-1-5-14(13)15/h1-8,11,22-23,26H,9-10,12H2. The Morgan fingerprint density at radius 3 is 2.85 bits per heavy atom. The van der Waals surface area contributed by atoms with Crippen LogP contribution in [0.2, 0.25) is 0 Å². The number of H-pyrrole nitrogens is 1. The molecule has 0 bridgehead atoms. The number of fused-ring (bicyclic) bond motifs is 2. The van der Waals surface area contributed by atoms with Crippen LogP contribution in [-0.2, 0) is 6.42 Å². The molecule has 0 spiro atoms. The first-order chi connectivity index (χ1) is 13.2. The maximum absolute atomic E-state index is 10.5. The molecule has 4 aromatic rings. The van der Waals surface area contributed by atoms with Gasteiger partial charge in [-0.25, -0.2) is 4.98 Å². The molecule has 0 radical (unpaired) electrons. The molecule has 5 nitrogen and oxygen atoms in total. The molecule has 0 saturated carbocycles. The van der Waals surface area contributed by atoms with Crippen LogP contribution in [0.25, 0.3) is 26.7 Å². The number of thiazole rings is 1. The van der Waals surface area contributed by atoms with Crippen molar-refractivity contribution in [2.45, 2.75) is 6.42 Å². The molecule has 0 fully saturated rings. The third-order valence-corrected chi connectivity index (χ3v) is 6.07. The molecule has 2 aromatic heterocycles. The number of aromatic nitrogens is 2. The zero-order valence-electron chi connectivity index (χ0n) is 14.6. The molecule has 0 unspecified atom stereocenters. The fourth-order valence-electron chi connectivity index (χ4n) is 3.62. The van der Waals surface area contributed by atoms with E-state index in [4.69, 9.17) is 5.41 Å². The second kappa shape index (κ2) is 6.25. The summed E-state index contributed by atoms with van der Waals surface area (Å²) in [4.78, 5) is 9.82. The Hall–Kier alpha value is -3.12. The number of benzene rings is 2. The zero-order valence-corrected chi connectivity index (χ0v) is 15.4. The predicted octanol–water partition coefficient (Wildman–Crippen LogP) is 4.58. The van der Waals surface area contributed by atoms with Gasteiger partial charge in [-0.05, 0) is 30.2 Å². The van der Waals surface area contributed by atoms with Gasteiger partial charge in [-0.15, -0.1) is 11.3 Å². The van der Waals surface area contributed by atoms with Crippen LogP contribution >= 0.6 is 11.3 Å². The maximum Gasteiger partial charge on any atom is 0.135 e. The van der Waals surface area contributed by atoms with Gasteiger partial charge >= 0.3 is 0 Å². The summed E-state index contributed by atoms with van der Waals surface area (Å²) in [7, 11) is 0. The Morgan fingerprint density at radius 1 is 1.15 bits per heavy atom. The van der Waals surface area contributed by atoms with E-state index in [9.17, 15) is 5.11 Å². The summed E-state index contributed by atoms with van der Waals surface area (Å²) in [5.74, 6) is 0.587. The highest BCUT2D eigenvalue weighted by atomic mass is 32.1. The van der Waals surface area contributed by atoms with Crippen molar-refractivity contribution in [3.8, 4) is 0 Å². The highest BCUT2D eigenvalue weighted by Gasteiger charge is 2.30.